The molecule has 0 aliphatic heterocycles. The average molecular weight is 493 g/mol. The largest absolute Gasteiger partial charge is 0.494 e. The normalized spacial score (nSPS) is 11.5. The van der Waals surface area contributed by atoms with Crippen LogP contribution in [-0.2, 0) is 14.4 Å². The van der Waals surface area contributed by atoms with E-state index in [9.17, 15) is 24.3 Å². The van der Waals surface area contributed by atoms with Gasteiger partial charge >= 0.3 is 11.9 Å². The number of aromatic carboxylic acids is 1. The smallest absolute Gasteiger partial charge is 0.335 e. The van der Waals surface area contributed by atoms with Crippen molar-refractivity contribution in [2.24, 2.45) is 0 Å². The van der Waals surface area contributed by atoms with Crippen molar-refractivity contribution in [3.63, 3.8) is 0 Å². The summed E-state index contributed by atoms with van der Waals surface area (Å²) in [5, 5.41) is 23.6. The van der Waals surface area contributed by atoms with Crippen molar-refractivity contribution in [2.75, 3.05) is 13.2 Å². The van der Waals surface area contributed by atoms with E-state index >= 15 is 0 Å². The fourth-order valence-electron chi connectivity index (χ4n) is 3.47. The highest BCUT2D eigenvalue weighted by atomic mass is 16.5. The van der Waals surface area contributed by atoms with Crippen LogP contribution >= 0.6 is 0 Å². The first-order valence-corrected chi connectivity index (χ1v) is 12.6. The molecule has 0 saturated heterocycles. The van der Waals surface area contributed by atoms with Crippen molar-refractivity contribution >= 4 is 23.8 Å². The molecule has 35 heavy (non-hydrogen) atoms. The van der Waals surface area contributed by atoms with E-state index in [4.69, 9.17) is 9.84 Å². The van der Waals surface area contributed by atoms with Gasteiger partial charge in [-0.15, -0.1) is 0 Å². The molecule has 1 unspecified atom stereocenters. The second-order valence-electron chi connectivity index (χ2n) is 8.61. The van der Waals surface area contributed by atoms with Gasteiger partial charge in [0.05, 0.1) is 12.2 Å². The number of carbonyl (C=O) groups excluding carboxylic acids is 2. The lowest BCUT2D eigenvalue weighted by atomic mass is 10.1. The molecular weight excluding hydrogens is 452 g/mol. The van der Waals surface area contributed by atoms with Crippen LogP contribution in [0.2, 0.25) is 0 Å². The number of amides is 2. The van der Waals surface area contributed by atoms with E-state index in [2.05, 4.69) is 10.6 Å². The van der Waals surface area contributed by atoms with Crippen LogP contribution in [0.25, 0.3) is 0 Å². The Kier molecular flexibility index (Phi) is 15.6. The molecule has 196 valence electrons. The Hall–Kier alpha value is -3.10. The van der Waals surface area contributed by atoms with Crippen LogP contribution in [0, 0.1) is 0 Å². The summed E-state index contributed by atoms with van der Waals surface area (Å²) < 4.78 is 5.60. The molecule has 0 saturated carbocycles. The van der Waals surface area contributed by atoms with Crippen molar-refractivity contribution in [3.05, 3.63) is 29.8 Å². The second kappa shape index (κ2) is 18.3. The van der Waals surface area contributed by atoms with E-state index in [0.717, 1.165) is 51.4 Å². The van der Waals surface area contributed by atoms with Gasteiger partial charge in [-0.2, -0.15) is 0 Å². The Labute approximate surface area is 207 Å². The molecule has 0 spiro atoms. The SMILES string of the molecule is CCCCNC(=O)CCC(NC(=O)CCCCCCCCCOc1cccc(C(=O)O)c1)C(=O)O. The minimum atomic E-state index is -1.13. The zero-order chi connectivity index (χ0) is 25.9. The molecule has 9 nitrogen and oxygen atoms in total. The van der Waals surface area contributed by atoms with Crippen molar-refractivity contribution in [1.82, 2.24) is 10.6 Å². The molecule has 0 heterocycles. The van der Waals surface area contributed by atoms with Crippen molar-refractivity contribution in [3.8, 4) is 5.75 Å². The zero-order valence-electron chi connectivity index (χ0n) is 20.7. The molecule has 0 fully saturated rings. The van der Waals surface area contributed by atoms with Gasteiger partial charge < -0.3 is 25.6 Å². The molecule has 0 aliphatic carbocycles. The van der Waals surface area contributed by atoms with Gasteiger partial charge in [0.1, 0.15) is 11.8 Å². The maximum atomic E-state index is 12.1. The Morgan fingerprint density at radius 1 is 0.886 bits per heavy atom. The molecule has 1 rings (SSSR count). The standard InChI is InChI=1S/C26H40N2O7/c1-2-3-17-27-23(29)16-15-22(26(33)34)28-24(30)14-9-7-5-4-6-8-10-18-35-21-13-11-12-20(19-21)25(31)32/h11-13,19,22H,2-10,14-18H2,1H3,(H,27,29)(H,28,30)(H,31,32)(H,33,34). The first kappa shape index (κ1) is 29.9. The summed E-state index contributed by atoms with van der Waals surface area (Å²) >= 11 is 0. The predicted molar refractivity (Wildman–Crippen MR) is 133 cm³/mol. The summed E-state index contributed by atoms with van der Waals surface area (Å²) in [6.45, 7) is 3.14. The van der Waals surface area contributed by atoms with E-state index in [1.165, 1.54) is 12.1 Å². The summed E-state index contributed by atoms with van der Waals surface area (Å²) in [6, 6.07) is 5.40. The molecule has 0 aromatic heterocycles. The number of carboxylic acids is 2. The average Bonchev–Trinajstić information content (AvgIpc) is 2.83. The number of aliphatic carboxylic acids is 1. The summed E-state index contributed by atoms with van der Waals surface area (Å²) in [5.74, 6) is -2.04. The number of hydrogen-bond acceptors (Lipinski definition) is 5. The van der Waals surface area contributed by atoms with Crippen LogP contribution < -0.4 is 15.4 Å². The second-order valence-corrected chi connectivity index (χ2v) is 8.61. The Balaban J connectivity index is 2.06. The van der Waals surface area contributed by atoms with Gasteiger partial charge in [-0.3, -0.25) is 9.59 Å². The Morgan fingerprint density at radius 2 is 1.57 bits per heavy atom. The summed E-state index contributed by atoms with van der Waals surface area (Å²) in [4.78, 5) is 46.2. The van der Waals surface area contributed by atoms with Crippen LogP contribution in [-0.4, -0.2) is 53.2 Å². The highest BCUT2D eigenvalue weighted by Crippen LogP contribution is 2.15. The third-order valence-electron chi connectivity index (χ3n) is 5.54. The lowest BCUT2D eigenvalue weighted by Crippen LogP contribution is -2.41. The summed E-state index contributed by atoms with van der Waals surface area (Å²) in [6.07, 6.45) is 8.83. The molecule has 9 heteroatoms. The molecule has 1 aromatic carbocycles. The van der Waals surface area contributed by atoms with Crippen LogP contribution in [0.15, 0.2) is 24.3 Å². The van der Waals surface area contributed by atoms with E-state index in [1.54, 1.807) is 12.1 Å². The van der Waals surface area contributed by atoms with Gasteiger partial charge in [0.2, 0.25) is 11.8 Å². The minimum Gasteiger partial charge on any atom is -0.494 e. The minimum absolute atomic E-state index is 0.0702. The number of nitrogens with one attached hydrogen (secondary N) is 2. The number of carbonyl (C=O) groups is 4. The fourth-order valence-corrected chi connectivity index (χ4v) is 3.47. The van der Waals surface area contributed by atoms with Gasteiger partial charge in [-0.25, -0.2) is 9.59 Å². The third-order valence-corrected chi connectivity index (χ3v) is 5.54. The van der Waals surface area contributed by atoms with E-state index < -0.39 is 18.0 Å². The van der Waals surface area contributed by atoms with E-state index in [-0.39, 0.29) is 36.6 Å². The molecule has 0 bridgehead atoms. The summed E-state index contributed by atoms with van der Waals surface area (Å²) in [7, 11) is 0. The Bertz CT molecular complexity index is 798. The maximum absolute atomic E-state index is 12.1. The molecule has 1 aromatic rings. The lowest BCUT2D eigenvalue weighted by molar-refractivity contribution is -0.142. The van der Waals surface area contributed by atoms with Gasteiger partial charge in [0.25, 0.3) is 0 Å². The van der Waals surface area contributed by atoms with Crippen LogP contribution in [0.1, 0.15) is 94.3 Å². The number of ether oxygens (including phenoxy) is 1. The first-order valence-electron chi connectivity index (χ1n) is 12.6. The van der Waals surface area contributed by atoms with E-state index in [1.807, 2.05) is 6.92 Å². The Morgan fingerprint density at radius 3 is 2.23 bits per heavy atom. The fraction of sp³-hybridized carbons (Fsp3) is 0.615. The zero-order valence-corrected chi connectivity index (χ0v) is 20.7. The number of unbranched alkanes of at least 4 members (excludes halogenated alkanes) is 7. The van der Waals surface area contributed by atoms with Gasteiger partial charge in [0.15, 0.2) is 0 Å². The highest BCUT2D eigenvalue weighted by Gasteiger charge is 2.20. The van der Waals surface area contributed by atoms with Crippen LogP contribution in [0.4, 0.5) is 0 Å². The summed E-state index contributed by atoms with van der Waals surface area (Å²) in [5.41, 5.74) is 0.208. The molecule has 0 radical (unpaired) electrons. The van der Waals surface area contributed by atoms with E-state index in [0.29, 0.717) is 25.3 Å². The molecular formula is C26H40N2O7. The van der Waals surface area contributed by atoms with Gasteiger partial charge in [-0.05, 0) is 43.9 Å². The third kappa shape index (κ3) is 14.7. The van der Waals surface area contributed by atoms with Crippen molar-refractivity contribution < 1.29 is 34.1 Å². The molecule has 2 amide bonds. The van der Waals surface area contributed by atoms with Crippen molar-refractivity contribution in [2.45, 2.75) is 90.0 Å². The lowest BCUT2D eigenvalue weighted by Gasteiger charge is -2.14. The quantitative estimate of drug-likeness (QED) is 0.200. The maximum Gasteiger partial charge on any atom is 0.335 e. The van der Waals surface area contributed by atoms with Gasteiger partial charge in [-0.1, -0.05) is 51.5 Å². The van der Waals surface area contributed by atoms with Crippen molar-refractivity contribution in [1.29, 1.82) is 0 Å². The number of carboxylic acid groups (broad SMARTS) is 2. The van der Waals surface area contributed by atoms with Gasteiger partial charge in [0, 0.05) is 19.4 Å². The monoisotopic (exact) mass is 492 g/mol. The number of rotatable bonds is 20. The predicted octanol–water partition coefficient (Wildman–Crippen LogP) is 4.15. The number of benzene rings is 1. The van der Waals surface area contributed by atoms with Crippen LogP contribution in [0.3, 0.4) is 0 Å². The molecule has 0 aliphatic rings. The first-order chi connectivity index (χ1) is 16.8. The number of hydrogen-bond donors (Lipinski definition) is 4. The highest BCUT2D eigenvalue weighted by molar-refractivity contribution is 5.88. The topological polar surface area (TPSA) is 142 Å². The van der Waals surface area contributed by atoms with Crippen LogP contribution in [0.5, 0.6) is 5.75 Å². The molecule has 1 atom stereocenters. The molecule has 4 N–H and O–H groups in total.